The minimum Gasteiger partial charge on any atom is -0.327 e. The molecule has 158 valence electrons. The Hall–Kier alpha value is -2.73. The number of hydrogen-bond acceptors (Lipinski definition) is 3. The second-order valence-electron chi connectivity index (χ2n) is 8.39. The van der Waals surface area contributed by atoms with E-state index in [0.717, 1.165) is 55.5 Å². The van der Waals surface area contributed by atoms with Crippen LogP contribution in [-0.2, 0) is 17.6 Å². The van der Waals surface area contributed by atoms with Gasteiger partial charge in [-0.3, -0.25) is 4.79 Å². The van der Waals surface area contributed by atoms with Crippen molar-refractivity contribution in [2.75, 3.05) is 25.0 Å². The predicted molar refractivity (Wildman–Crippen MR) is 120 cm³/mol. The van der Waals surface area contributed by atoms with E-state index >= 15 is 0 Å². The summed E-state index contributed by atoms with van der Waals surface area (Å²) in [5.41, 5.74) is 6.72. The highest BCUT2D eigenvalue weighted by Crippen LogP contribution is 2.23. The van der Waals surface area contributed by atoms with Gasteiger partial charge in [0.1, 0.15) is 5.52 Å². The van der Waals surface area contributed by atoms with E-state index in [-0.39, 0.29) is 5.91 Å². The molecule has 2 aromatic carbocycles. The number of likely N-dealkylation sites (tertiary alicyclic amines) is 1. The van der Waals surface area contributed by atoms with Crippen LogP contribution in [0.25, 0.3) is 11.0 Å². The van der Waals surface area contributed by atoms with Crippen molar-refractivity contribution in [3.05, 3.63) is 53.1 Å². The Kier molecular flexibility index (Phi) is 6.13. The van der Waals surface area contributed by atoms with Gasteiger partial charge >= 0.3 is 0 Å². The average Bonchev–Trinajstić information content (AvgIpc) is 3.17. The molecule has 1 aromatic heterocycles. The Morgan fingerprint density at radius 3 is 2.50 bits per heavy atom. The number of benzene rings is 2. The molecule has 1 saturated heterocycles. The van der Waals surface area contributed by atoms with E-state index < -0.39 is 0 Å². The van der Waals surface area contributed by atoms with E-state index in [0.29, 0.717) is 12.6 Å². The van der Waals surface area contributed by atoms with Crippen LogP contribution in [0.3, 0.4) is 0 Å². The molecule has 0 aliphatic carbocycles. The van der Waals surface area contributed by atoms with Gasteiger partial charge in [0.15, 0.2) is 6.54 Å². The second-order valence-corrected chi connectivity index (χ2v) is 8.39. The molecule has 0 radical (unpaired) electrons. The third kappa shape index (κ3) is 4.24. The third-order valence-electron chi connectivity index (χ3n) is 6.31. The number of quaternary nitrogens is 1. The van der Waals surface area contributed by atoms with E-state index in [4.69, 9.17) is 0 Å². The maximum atomic E-state index is 12.8. The number of carbonyl (C=O) groups excluding carboxylic acids is 1. The van der Waals surface area contributed by atoms with Crippen LogP contribution >= 0.6 is 0 Å². The van der Waals surface area contributed by atoms with Gasteiger partial charge in [-0.2, -0.15) is 0 Å². The molecule has 3 aromatic rings. The zero-order chi connectivity index (χ0) is 21.1. The van der Waals surface area contributed by atoms with Gasteiger partial charge in [-0.15, -0.1) is 5.10 Å². The topological polar surface area (TPSA) is 64.2 Å². The maximum absolute atomic E-state index is 12.8. The summed E-state index contributed by atoms with van der Waals surface area (Å²) in [5, 5.41) is 12.0. The molecule has 0 bridgehead atoms. The number of piperidine rings is 1. The molecule has 30 heavy (non-hydrogen) atoms. The molecule has 0 atom stereocenters. The Bertz CT molecular complexity index is 1010. The molecule has 2 heterocycles. The van der Waals surface area contributed by atoms with Gasteiger partial charge in [-0.05, 0) is 48.6 Å². The number of nitrogens with zero attached hydrogens (tertiary/aromatic N) is 3. The van der Waals surface area contributed by atoms with E-state index in [1.807, 2.05) is 0 Å². The van der Waals surface area contributed by atoms with Crippen LogP contribution in [0.1, 0.15) is 49.4 Å². The normalized spacial score (nSPS) is 19.2. The number of carbonyl (C=O) groups is 1. The minimum absolute atomic E-state index is 0.112. The number of nitrogens with one attached hydrogen (secondary N) is 2. The summed E-state index contributed by atoms with van der Waals surface area (Å²) in [6.45, 7) is 8.81. The molecule has 4 rings (SSSR count). The van der Waals surface area contributed by atoms with Crippen molar-refractivity contribution in [2.24, 2.45) is 0 Å². The summed E-state index contributed by atoms with van der Waals surface area (Å²) in [5.74, 6) is 0.112. The summed E-state index contributed by atoms with van der Waals surface area (Å²) in [4.78, 5) is 14.1. The highest BCUT2D eigenvalue weighted by molar-refractivity contribution is 5.93. The van der Waals surface area contributed by atoms with Crippen LogP contribution in [0.5, 0.6) is 0 Å². The first-order chi connectivity index (χ1) is 14.6. The Morgan fingerprint density at radius 1 is 1.13 bits per heavy atom. The van der Waals surface area contributed by atoms with Gasteiger partial charge in [0.05, 0.1) is 24.6 Å². The molecular weight excluding hydrogens is 374 g/mol. The summed E-state index contributed by atoms with van der Waals surface area (Å²) >= 11 is 0. The van der Waals surface area contributed by atoms with Crippen molar-refractivity contribution in [1.29, 1.82) is 0 Å². The molecular formula is C24H32N5O+. The largest absolute Gasteiger partial charge is 0.327 e. The summed E-state index contributed by atoms with van der Waals surface area (Å²) in [7, 11) is 0. The number of aromatic nitrogens is 3. The van der Waals surface area contributed by atoms with Gasteiger partial charge in [0, 0.05) is 18.5 Å². The number of amides is 1. The maximum Gasteiger partial charge on any atom is 0.279 e. The molecule has 6 nitrogen and oxygen atoms in total. The van der Waals surface area contributed by atoms with E-state index in [1.165, 1.54) is 21.6 Å². The summed E-state index contributed by atoms with van der Waals surface area (Å²) < 4.78 is 2.08. The lowest BCUT2D eigenvalue weighted by Crippen LogP contribution is -3.14. The quantitative estimate of drug-likeness (QED) is 0.662. The number of aryl methyl sites for hydroxylation is 3. The predicted octanol–water partition coefficient (Wildman–Crippen LogP) is 2.72. The zero-order valence-corrected chi connectivity index (χ0v) is 18.2. The zero-order valence-electron chi connectivity index (χ0n) is 18.2. The minimum atomic E-state index is 0.112. The fraction of sp³-hybridized carbons (Fsp3) is 0.458. The van der Waals surface area contributed by atoms with Gasteiger partial charge in [0.25, 0.3) is 5.91 Å². The Balaban J connectivity index is 1.36. The van der Waals surface area contributed by atoms with Crippen molar-refractivity contribution >= 4 is 22.6 Å². The standard InChI is InChI=1S/C24H31N5O/c1-4-18-7-6-8-19(5-2)24(18)25-23(30)16-28-13-11-20(12-14-28)29-22-10-9-17(3)15-21(22)26-27-29/h6-10,15,20H,4-5,11-14,16H2,1-3H3,(H,25,30)/p+1. The average molecular weight is 407 g/mol. The van der Waals surface area contributed by atoms with Crippen molar-refractivity contribution in [2.45, 2.75) is 52.5 Å². The Morgan fingerprint density at radius 2 is 1.83 bits per heavy atom. The SMILES string of the molecule is CCc1cccc(CC)c1NC(=O)C[NH+]1CCC(n2nnc3cc(C)ccc32)CC1. The highest BCUT2D eigenvalue weighted by Gasteiger charge is 2.27. The van der Waals surface area contributed by atoms with Crippen molar-refractivity contribution in [3.8, 4) is 0 Å². The number of para-hydroxylation sites is 1. The van der Waals surface area contributed by atoms with E-state index in [1.54, 1.807) is 0 Å². The first-order valence-corrected chi connectivity index (χ1v) is 11.1. The third-order valence-corrected chi connectivity index (χ3v) is 6.31. The monoisotopic (exact) mass is 406 g/mol. The van der Waals surface area contributed by atoms with Crippen LogP contribution < -0.4 is 10.2 Å². The fourth-order valence-electron chi connectivity index (χ4n) is 4.57. The fourth-order valence-corrected chi connectivity index (χ4v) is 4.57. The molecule has 1 fully saturated rings. The van der Waals surface area contributed by atoms with Crippen LogP contribution in [0.4, 0.5) is 5.69 Å². The number of anilines is 1. The number of hydrogen-bond donors (Lipinski definition) is 2. The van der Waals surface area contributed by atoms with Crippen LogP contribution in [0, 0.1) is 6.92 Å². The molecule has 2 N–H and O–H groups in total. The van der Waals surface area contributed by atoms with Crippen LogP contribution in [-0.4, -0.2) is 40.5 Å². The lowest BCUT2D eigenvalue weighted by molar-refractivity contribution is -0.897. The summed E-state index contributed by atoms with van der Waals surface area (Å²) in [6.07, 6.45) is 3.88. The van der Waals surface area contributed by atoms with Crippen LogP contribution in [0.2, 0.25) is 0 Å². The van der Waals surface area contributed by atoms with Gasteiger partial charge in [0.2, 0.25) is 0 Å². The van der Waals surface area contributed by atoms with Gasteiger partial charge in [-0.25, -0.2) is 4.68 Å². The number of fused-ring (bicyclic) bond motifs is 1. The van der Waals surface area contributed by atoms with Gasteiger partial charge < -0.3 is 10.2 Å². The van der Waals surface area contributed by atoms with E-state index in [9.17, 15) is 4.79 Å². The smallest absolute Gasteiger partial charge is 0.279 e. The van der Waals surface area contributed by atoms with Crippen LogP contribution in [0.15, 0.2) is 36.4 Å². The van der Waals surface area contributed by atoms with Crippen molar-refractivity contribution in [1.82, 2.24) is 15.0 Å². The lowest BCUT2D eigenvalue weighted by Gasteiger charge is -2.29. The van der Waals surface area contributed by atoms with Crippen molar-refractivity contribution < 1.29 is 9.69 Å². The lowest BCUT2D eigenvalue weighted by atomic mass is 10.0. The molecule has 1 amide bonds. The van der Waals surface area contributed by atoms with Crippen molar-refractivity contribution in [3.63, 3.8) is 0 Å². The molecule has 0 saturated carbocycles. The Labute approximate surface area is 178 Å². The first kappa shape index (κ1) is 20.5. The number of rotatable bonds is 6. The second kappa shape index (κ2) is 8.96. The van der Waals surface area contributed by atoms with Gasteiger partial charge in [-0.1, -0.05) is 43.3 Å². The molecule has 1 aliphatic rings. The highest BCUT2D eigenvalue weighted by atomic mass is 16.2. The molecule has 0 unspecified atom stereocenters. The van der Waals surface area contributed by atoms with E-state index in [2.05, 4.69) is 77.5 Å². The first-order valence-electron chi connectivity index (χ1n) is 11.1. The summed E-state index contributed by atoms with van der Waals surface area (Å²) in [6, 6.07) is 13.0. The molecule has 0 spiro atoms. The molecule has 6 heteroatoms. The molecule has 1 aliphatic heterocycles.